The van der Waals surface area contributed by atoms with Crippen molar-refractivity contribution in [2.75, 3.05) is 31.5 Å². The molecule has 5 nitrogen and oxygen atoms in total. The lowest BCUT2D eigenvalue weighted by molar-refractivity contribution is -0.0678. The number of fused-ring (bicyclic) bond motifs is 1. The standard InChI is InChI=1S/C19H24N4O/c1-14-12-23(13-15(2)24-14)9-5-8-21-19-16(10-20)11-22-18-7-4-3-6-17(18)19/h3-4,6-7,11,14-15H,5,8-9,12-13H2,1-2H3,(H,21,22). The number of rotatable bonds is 5. The van der Waals surface area contributed by atoms with E-state index in [1.165, 1.54) is 0 Å². The molecule has 1 aliphatic heterocycles. The molecule has 1 fully saturated rings. The van der Waals surface area contributed by atoms with Crippen LogP contribution in [-0.4, -0.2) is 48.3 Å². The predicted molar refractivity (Wildman–Crippen MR) is 96.0 cm³/mol. The third kappa shape index (κ3) is 3.84. The summed E-state index contributed by atoms with van der Waals surface area (Å²) >= 11 is 0. The van der Waals surface area contributed by atoms with Gasteiger partial charge in [-0.3, -0.25) is 9.88 Å². The lowest BCUT2D eigenvalue weighted by atomic mass is 10.1. The number of morpholine rings is 1. The van der Waals surface area contributed by atoms with Crippen molar-refractivity contribution in [3.05, 3.63) is 36.0 Å². The van der Waals surface area contributed by atoms with Crippen LogP contribution in [0, 0.1) is 11.3 Å². The third-order valence-electron chi connectivity index (χ3n) is 4.34. The summed E-state index contributed by atoms with van der Waals surface area (Å²) in [6.45, 7) is 8.11. The zero-order valence-corrected chi connectivity index (χ0v) is 14.3. The maximum atomic E-state index is 9.34. The summed E-state index contributed by atoms with van der Waals surface area (Å²) in [5.41, 5.74) is 2.41. The molecule has 0 saturated carbocycles. The molecule has 126 valence electrons. The average Bonchev–Trinajstić information content (AvgIpc) is 2.57. The zero-order valence-electron chi connectivity index (χ0n) is 14.3. The van der Waals surface area contributed by atoms with Gasteiger partial charge >= 0.3 is 0 Å². The molecule has 0 amide bonds. The average molecular weight is 324 g/mol. The van der Waals surface area contributed by atoms with E-state index in [4.69, 9.17) is 4.74 Å². The lowest BCUT2D eigenvalue weighted by Crippen LogP contribution is -2.45. The summed E-state index contributed by atoms with van der Waals surface area (Å²) in [4.78, 5) is 6.80. The van der Waals surface area contributed by atoms with Crippen molar-refractivity contribution in [3.8, 4) is 6.07 Å². The van der Waals surface area contributed by atoms with Crippen molar-refractivity contribution in [1.29, 1.82) is 5.26 Å². The van der Waals surface area contributed by atoms with Crippen LogP contribution in [0.4, 0.5) is 5.69 Å². The Labute approximate surface area is 143 Å². The molecule has 3 rings (SSSR count). The number of hydrogen-bond donors (Lipinski definition) is 1. The topological polar surface area (TPSA) is 61.2 Å². The number of para-hydroxylation sites is 1. The Morgan fingerprint density at radius 1 is 1.29 bits per heavy atom. The minimum absolute atomic E-state index is 0.302. The van der Waals surface area contributed by atoms with Gasteiger partial charge in [0, 0.05) is 37.8 Å². The summed E-state index contributed by atoms with van der Waals surface area (Å²) in [5.74, 6) is 0. The van der Waals surface area contributed by atoms with Gasteiger partial charge in [-0.05, 0) is 26.3 Å². The second kappa shape index (κ2) is 7.61. The number of pyridine rings is 1. The van der Waals surface area contributed by atoms with Crippen LogP contribution in [0.1, 0.15) is 25.8 Å². The van der Waals surface area contributed by atoms with Gasteiger partial charge < -0.3 is 10.1 Å². The van der Waals surface area contributed by atoms with E-state index in [1.54, 1.807) is 6.20 Å². The summed E-state index contributed by atoms with van der Waals surface area (Å²) in [7, 11) is 0. The Hall–Kier alpha value is -2.16. The molecule has 1 aromatic carbocycles. The Morgan fingerprint density at radius 3 is 2.79 bits per heavy atom. The fourth-order valence-electron chi connectivity index (χ4n) is 3.40. The van der Waals surface area contributed by atoms with Crippen LogP contribution in [0.5, 0.6) is 0 Å². The molecule has 0 spiro atoms. The van der Waals surface area contributed by atoms with Crippen LogP contribution in [0.3, 0.4) is 0 Å². The van der Waals surface area contributed by atoms with Crippen LogP contribution in [0.15, 0.2) is 30.5 Å². The molecule has 1 saturated heterocycles. The smallest absolute Gasteiger partial charge is 0.103 e. The molecule has 1 N–H and O–H groups in total. The van der Waals surface area contributed by atoms with E-state index >= 15 is 0 Å². The summed E-state index contributed by atoms with van der Waals surface area (Å²) in [6.07, 6.45) is 3.28. The van der Waals surface area contributed by atoms with Crippen molar-refractivity contribution in [2.45, 2.75) is 32.5 Å². The molecular formula is C19H24N4O. The highest BCUT2D eigenvalue weighted by Gasteiger charge is 2.21. The molecule has 0 aliphatic carbocycles. The number of hydrogen-bond acceptors (Lipinski definition) is 5. The van der Waals surface area contributed by atoms with Crippen LogP contribution in [-0.2, 0) is 4.74 Å². The maximum Gasteiger partial charge on any atom is 0.103 e. The summed E-state index contributed by atoms with van der Waals surface area (Å²) < 4.78 is 5.77. The second-order valence-electron chi connectivity index (χ2n) is 6.47. The predicted octanol–water partition coefficient (Wildman–Crippen LogP) is 3.02. The molecule has 1 aromatic heterocycles. The van der Waals surface area contributed by atoms with Crippen molar-refractivity contribution in [3.63, 3.8) is 0 Å². The van der Waals surface area contributed by atoms with Crippen molar-refractivity contribution >= 4 is 16.6 Å². The SMILES string of the molecule is CC1CN(CCCNc2c(C#N)cnc3ccccc23)CC(C)O1. The van der Waals surface area contributed by atoms with Gasteiger partial charge in [0.25, 0.3) is 0 Å². The molecule has 2 unspecified atom stereocenters. The second-order valence-corrected chi connectivity index (χ2v) is 6.47. The van der Waals surface area contributed by atoms with Crippen molar-refractivity contribution in [1.82, 2.24) is 9.88 Å². The zero-order chi connectivity index (χ0) is 16.9. The normalized spacial score (nSPS) is 21.5. The van der Waals surface area contributed by atoms with E-state index in [2.05, 4.69) is 35.1 Å². The number of nitrogens with one attached hydrogen (secondary N) is 1. The van der Waals surface area contributed by atoms with Gasteiger partial charge in [-0.2, -0.15) is 5.26 Å². The molecule has 1 aliphatic rings. The molecule has 2 aromatic rings. The van der Waals surface area contributed by atoms with Gasteiger partial charge in [0.1, 0.15) is 6.07 Å². The Bertz CT molecular complexity index is 730. The third-order valence-corrected chi connectivity index (χ3v) is 4.34. The molecule has 24 heavy (non-hydrogen) atoms. The van der Waals surface area contributed by atoms with Crippen LogP contribution >= 0.6 is 0 Å². The van der Waals surface area contributed by atoms with E-state index in [0.29, 0.717) is 17.8 Å². The molecule has 5 heteroatoms. The fourth-order valence-corrected chi connectivity index (χ4v) is 3.40. The van der Waals surface area contributed by atoms with E-state index < -0.39 is 0 Å². The van der Waals surface area contributed by atoms with Gasteiger partial charge in [-0.1, -0.05) is 18.2 Å². The number of nitrogens with zero attached hydrogens (tertiary/aromatic N) is 3. The first-order valence-electron chi connectivity index (χ1n) is 8.57. The fraction of sp³-hybridized carbons (Fsp3) is 0.474. The Morgan fingerprint density at radius 2 is 2.04 bits per heavy atom. The Balaban J connectivity index is 1.61. The number of ether oxygens (including phenoxy) is 1. The molecule has 2 heterocycles. The van der Waals surface area contributed by atoms with Crippen molar-refractivity contribution in [2.24, 2.45) is 0 Å². The minimum atomic E-state index is 0.302. The van der Waals surface area contributed by atoms with Crippen LogP contribution in [0.25, 0.3) is 10.9 Å². The quantitative estimate of drug-likeness (QED) is 0.857. The lowest BCUT2D eigenvalue weighted by Gasteiger charge is -2.35. The van der Waals surface area contributed by atoms with E-state index in [0.717, 1.165) is 49.2 Å². The first-order valence-corrected chi connectivity index (χ1v) is 8.57. The highest BCUT2D eigenvalue weighted by molar-refractivity contribution is 5.93. The minimum Gasteiger partial charge on any atom is -0.383 e. The first-order chi connectivity index (χ1) is 11.7. The maximum absolute atomic E-state index is 9.34. The molecular weight excluding hydrogens is 300 g/mol. The largest absolute Gasteiger partial charge is 0.383 e. The number of nitriles is 1. The Kier molecular flexibility index (Phi) is 5.29. The van der Waals surface area contributed by atoms with E-state index in [9.17, 15) is 5.26 Å². The number of aromatic nitrogens is 1. The van der Waals surface area contributed by atoms with Gasteiger partial charge in [-0.25, -0.2) is 0 Å². The summed E-state index contributed by atoms with van der Waals surface area (Å²) in [5, 5.41) is 13.8. The van der Waals surface area contributed by atoms with E-state index in [1.807, 2.05) is 24.3 Å². The van der Waals surface area contributed by atoms with Gasteiger partial charge in [0.2, 0.25) is 0 Å². The first kappa shape index (κ1) is 16.7. The van der Waals surface area contributed by atoms with Crippen LogP contribution < -0.4 is 5.32 Å². The van der Waals surface area contributed by atoms with E-state index in [-0.39, 0.29) is 0 Å². The number of benzene rings is 1. The summed E-state index contributed by atoms with van der Waals surface area (Å²) in [6, 6.07) is 10.2. The monoisotopic (exact) mass is 324 g/mol. The van der Waals surface area contributed by atoms with Gasteiger partial charge in [-0.15, -0.1) is 0 Å². The highest BCUT2D eigenvalue weighted by atomic mass is 16.5. The van der Waals surface area contributed by atoms with Gasteiger partial charge in [0.15, 0.2) is 0 Å². The van der Waals surface area contributed by atoms with Crippen molar-refractivity contribution < 1.29 is 4.74 Å². The molecule has 0 bridgehead atoms. The number of anilines is 1. The molecule has 0 radical (unpaired) electrons. The molecule has 2 atom stereocenters. The van der Waals surface area contributed by atoms with Crippen LogP contribution in [0.2, 0.25) is 0 Å². The highest BCUT2D eigenvalue weighted by Crippen LogP contribution is 2.25. The van der Waals surface area contributed by atoms with Gasteiger partial charge in [0.05, 0.1) is 29.0 Å².